The summed E-state index contributed by atoms with van der Waals surface area (Å²) in [6.07, 6.45) is 1.55. The van der Waals surface area contributed by atoms with E-state index >= 15 is 0 Å². The topological polar surface area (TPSA) is 62.1 Å². The van der Waals surface area contributed by atoms with Crippen molar-refractivity contribution < 1.29 is 9.53 Å². The molecule has 0 fully saturated rings. The predicted molar refractivity (Wildman–Crippen MR) is 128 cm³/mol. The fraction of sp³-hybridized carbons (Fsp3) is 0.154. The van der Waals surface area contributed by atoms with Crippen LogP contribution >= 0.6 is 15.9 Å². The molecule has 0 aliphatic rings. The van der Waals surface area contributed by atoms with E-state index in [9.17, 15) is 10.1 Å². The predicted octanol–water partition coefficient (Wildman–Crippen LogP) is 6.50. The third kappa shape index (κ3) is 6.07. The van der Waals surface area contributed by atoms with Crippen molar-refractivity contribution in [2.24, 2.45) is 0 Å². The maximum atomic E-state index is 12.7. The second kappa shape index (κ2) is 10.1. The van der Waals surface area contributed by atoms with Crippen LogP contribution in [0.15, 0.2) is 70.7 Å². The number of benzene rings is 3. The van der Waals surface area contributed by atoms with Crippen molar-refractivity contribution in [1.82, 2.24) is 0 Å². The van der Waals surface area contributed by atoms with E-state index in [1.807, 2.05) is 49.4 Å². The first kappa shape index (κ1) is 22.3. The van der Waals surface area contributed by atoms with Gasteiger partial charge in [0.1, 0.15) is 24.0 Å². The van der Waals surface area contributed by atoms with Crippen LogP contribution in [0.4, 0.5) is 5.69 Å². The van der Waals surface area contributed by atoms with Crippen molar-refractivity contribution in [2.45, 2.75) is 27.4 Å². The fourth-order valence-electron chi connectivity index (χ4n) is 3.28. The average Bonchev–Trinajstić information content (AvgIpc) is 2.72. The summed E-state index contributed by atoms with van der Waals surface area (Å²) in [6.45, 7) is 6.40. The lowest BCUT2D eigenvalue weighted by atomic mass is 10.1. The molecule has 31 heavy (non-hydrogen) atoms. The van der Waals surface area contributed by atoms with E-state index in [4.69, 9.17) is 4.74 Å². The van der Waals surface area contributed by atoms with Crippen molar-refractivity contribution in [3.8, 4) is 11.8 Å². The molecule has 0 aromatic heterocycles. The minimum Gasteiger partial charge on any atom is -0.488 e. The molecular weight excluding hydrogens is 452 g/mol. The molecule has 0 radical (unpaired) electrons. The Labute approximate surface area is 191 Å². The average molecular weight is 475 g/mol. The first-order chi connectivity index (χ1) is 14.9. The molecule has 0 unspecified atom stereocenters. The van der Waals surface area contributed by atoms with Crippen molar-refractivity contribution in [1.29, 1.82) is 5.26 Å². The van der Waals surface area contributed by atoms with Crippen LogP contribution < -0.4 is 10.1 Å². The molecule has 0 aliphatic heterocycles. The molecule has 3 rings (SSSR count). The number of hydrogen-bond donors (Lipinski definition) is 1. The number of carbonyl (C=O) groups excluding carboxylic acids is 1. The van der Waals surface area contributed by atoms with E-state index in [1.165, 1.54) is 11.1 Å². The highest BCUT2D eigenvalue weighted by molar-refractivity contribution is 9.10. The van der Waals surface area contributed by atoms with Gasteiger partial charge in [-0.25, -0.2) is 0 Å². The minimum absolute atomic E-state index is 0.00222. The minimum atomic E-state index is -0.461. The molecule has 4 nitrogen and oxygen atoms in total. The molecule has 0 atom stereocenters. The zero-order valence-electron chi connectivity index (χ0n) is 17.7. The Morgan fingerprint density at radius 1 is 1.06 bits per heavy atom. The van der Waals surface area contributed by atoms with Crippen molar-refractivity contribution >= 4 is 33.6 Å². The zero-order chi connectivity index (χ0) is 22.4. The van der Waals surface area contributed by atoms with Gasteiger partial charge in [-0.15, -0.1) is 0 Å². The summed E-state index contributed by atoms with van der Waals surface area (Å²) < 4.78 is 6.87. The fourth-order valence-corrected chi connectivity index (χ4v) is 3.66. The van der Waals surface area contributed by atoms with Crippen molar-refractivity contribution in [3.63, 3.8) is 0 Å². The van der Waals surface area contributed by atoms with Crippen molar-refractivity contribution in [3.05, 3.63) is 98.5 Å². The molecule has 1 amide bonds. The van der Waals surface area contributed by atoms with Crippen LogP contribution in [0.25, 0.3) is 6.08 Å². The highest BCUT2D eigenvalue weighted by Crippen LogP contribution is 2.27. The molecule has 0 heterocycles. The first-order valence-corrected chi connectivity index (χ1v) is 10.6. The summed E-state index contributed by atoms with van der Waals surface area (Å²) >= 11 is 3.46. The van der Waals surface area contributed by atoms with Gasteiger partial charge in [0.15, 0.2) is 0 Å². The first-order valence-electron chi connectivity index (χ1n) is 9.84. The van der Waals surface area contributed by atoms with E-state index in [-0.39, 0.29) is 5.57 Å². The number of hydrogen-bond acceptors (Lipinski definition) is 3. The molecule has 0 aliphatic carbocycles. The molecule has 0 bridgehead atoms. The molecule has 156 valence electrons. The van der Waals surface area contributed by atoms with Crippen LogP contribution in [0.5, 0.6) is 5.75 Å². The van der Waals surface area contributed by atoms with Gasteiger partial charge in [-0.2, -0.15) is 5.26 Å². The number of carbonyl (C=O) groups is 1. The molecule has 1 N–H and O–H groups in total. The maximum Gasteiger partial charge on any atom is 0.266 e. The maximum absolute atomic E-state index is 12.7. The monoisotopic (exact) mass is 474 g/mol. The molecule has 3 aromatic rings. The van der Waals surface area contributed by atoms with Crippen LogP contribution in [-0.4, -0.2) is 5.91 Å². The molecule has 3 aromatic carbocycles. The number of halogens is 1. The Balaban J connectivity index is 1.85. The quantitative estimate of drug-likeness (QED) is 0.327. The number of nitrogens with zero attached hydrogens (tertiary/aromatic N) is 1. The SMILES string of the molecule is Cc1cc(C)cc(COc2ccc(Br)cc2/C=C(\C#N)C(=O)Nc2ccccc2C)c1. The van der Waals surface area contributed by atoms with E-state index < -0.39 is 5.91 Å². The molecular formula is C26H23BrN2O2. The van der Waals surface area contributed by atoms with Crippen molar-refractivity contribution in [2.75, 3.05) is 5.32 Å². The number of amides is 1. The number of anilines is 1. The van der Waals surface area contributed by atoms with Crippen LogP contribution in [0.3, 0.4) is 0 Å². The second-order valence-electron chi connectivity index (χ2n) is 7.41. The number of nitrogens with one attached hydrogen (secondary N) is 1. The van der Waals surface area contributed by atoms with Gasteiger partial charge in [0, 0.05) is 15.7 Å². The van der Waals surface area contributed by atoms with E-state index in [1.54, 1.807) is 12.1 Å². The van der Waals surface area contributed by atoms with Gasteiger partial charge in [-0.3, -0.25) is 4.79 Å². The second-order valence-corrected chi connectivity index (χ2v) is 8.32. The summed E-state index contributed by atoms with van der Waals surface area (Å²) in [4.78, 5) is 12.7. The summed E-state index contributed by atoms with van der Waals surface area (Å²) in [5, 5.41) is 12.4. The molecule has 0 saturated carbocycles. The largest absolute Gasteiger partial charge is 0.488 e. The number of nitriles is 1. The summed E-state index contributed by atoms with van der Waals surface area (Å²) in [5.74, 6) is 0.135. The smallest absolute Gasteiger partial charge is 0.266 e. The van der Waals surface area contributed by atoms with Gasteiger partial charge in [0.25, 0.3) is 5.91 Å². The van der Waals surface area contributed by atoms with Gasteiger partial charge in [-0.1, -0.05) is 63.5 Å². The van der Waals surface area contributed by atoms with Crippen LogP contribution in [-0.2, 0) is 11.4 Å². The molecule has 5 heteroatoms. The standard InChI is InChI=1S/C26H23BrN2O2/c1-17-10-18(2)12-20(11-17)16-31-25-9-8-23(27)14-21(25)13-22(15-28)26(30)29-24-7-5-4-6-19(24)3/h4-14H,16H2,1-3H3,(H,29,30)/b22-13+. The lowest BCUT2D eigenvalue weighted by molar-refractivity contribution is -0.112. The third-order valence-corrected chi connectivity index (χ3v) is 5.20. The van der Waals surface area contributed by atoms with Crippen LogP contribution in [0.1, 0.15) is 27.8 Å². The van der Waals surface area contributed by atoms with Gasteiger partial charge in [-0.05, 0) is 62.2 Å². The normalized spacial score (nSPS) is 11.0. The Kier molecular flexibility index (Phi) is 7.28. The van der Waals surface area contributed by atoms with E-state index in [0.717, 1.165) is 15.6 Å². The highest BCUT2D eigenvalue weighted by atomic mass is 79.9. The molecule has 0 saturated heterocycles. The number of ether oxygens (including phenoxy) is 1. The number of rotatable bonds is 6. The van der Waals surface area contributed by atoms with E-state index in [0.29, 0.717) is 23.6 Å². The van der Waals surface area contributed by atoms with E-state index in [2.05, 4.69) is 53.3 Å². The van der Waals surface area contributed by atoms with Gasteiger partial charge in [0.2, 0.25) is 0 Å². The zero-order valence-corrected chi connectivity index (χ0v) is 19.3. The summed E-state index contributed by atoms with van der Waals surface area (Å²) in [5.41, 5.74) is 5.66. The Bertz CT molecular complexity index is 1170. The number of para-hydroxylation sites is 1. The lowest BCUT2D eigenvalue weighted by Gasteiger charge is -2.12. The summed E-state index contributed by atoms with van der Waals surface area (Å²) in [6, 6.07) is 21.2. The number of aryl methyl sites for hydroxylation is 3. The third-order valence-electron chi connectivity index (χ3n) is 4.71. The van der Waals surface area contributed by atoms with Gasteiger partial charge in [0.05, 0.1) is 0 Å². The van der Waals surface area contributed by atoms with Gasteiger partial charge < -0.3 is 10.1 Å². The Hall–Kier alpha value is -3.36. The van der Waals surface area contributed by atoms with Gasteiger partial charge >= 0.3 is 0 Å². The summed E-state index contributed by atoms with van der Waals surface area (Å²) in [7, 11) is 0. The van der Waals surface area contributed by atoms with Crippen LogP contribution in [0, 0.1) is 32.1 Å². The Morgan fingerprint density at radius 2 is 1.77 bits per heavy atom. The lowest BCUT2D eigenvalue weighted by Crippen LogP contribution is -2.14. The molecule has 0 spiro atoms. The Morgan fingerprint density at radius 3 is 2.45 bits per heavy atom. The highest BCUT2D eigenvalue weighted by Gasteiger charge is 2.13. The van der Waals surface area contributed by atoms with Crippen LogP contribution in [0.2, 0.25) is 0 Å².